The number of imide groups is 1. The lowest BCUT2D eigenvalue weighted by Crippen LogP contribution is -2.41. The van der Waals surface area contributed by atoms with Crippen molar-refractivity contribution in [3.8, 4) is 0 Å². The molecule has 0 spiro atoms. The van der Waals surface area contributed by atoms with Crippen LogP contribution in [0, 0.1) is 0 Å². The van der Waals surface area contributed by atoms with E-state index in [1.807, 2.05) is 35.7 Å². The van der Waals surface area contributed by atoms with Gasteiger partial charge in [-0.15, -0.1) is 23.5 Å². The topological polar surface area (TPSA) is 75.7 Å². The van der Waals surface area contributed by atoms with Crippen molar-refractivity contribution in [3.63, 3.8) is 0 Å². The Morgan fingerprint density at radius 3 is 2.50 bits per heavy atom. The molecule has 2 saturated heterocycles. The number of nitrogens with zero attached hydrogens (tertiary/aromatic N) is 1. The van der Waals surface area contributed by atoms with Gasteiger partial charge >= 0.3 is 12.0 Å². The lowest BCUT2D eigenvalue weighted by molar-refractivity contribution is -0.136. The second kappa shape index (κ2) is 7.48. The molecular formula is C16H18N2O4S2. The fourth-order valence-electron chi connectivity index (χ4n) is 2.51. The summed E-state index contributed by atoms with van der Waals surface area (Å²) in [5, 5.41) is 2.55. The molecule has 1 aromatic rings. The second-order valence-corrected chi connectivity index (χ2v) is 8.19. The molecule has 24 heavy (non-hydrogen) atoms. The number of hydrogen-bond donors (Lipinski definition) is 1. The lowest BCUT2D eigenvalue weighted by Gasteiger charge is -2.18. The second-order valence-electron chi connectivity index (χ2n) is 5.46. The summed E-state index contributed by atoms with van der Waals surface area (Å²) >= 11 is 3.79. The van der Waals surface area contributed by atoms with Crippen molar-refractivity contribution in [1.29, 1.82) is 0 Å². The van der Waals surface area contributed by atoms with Crippen molar-refractivity contribution < 1.29 is 19.1 Å². The number of carbonyl (C=O) groups excluding carboxylic acids is 3. The first kappa shape index (κ1) is 17.2. The number of nitrogens with one attached hydrogen (secondary N) is 1. The SMILES string of the molecule is C[C@@H](OC(=O)c1ccc(C2SCCS2)cc1)C(=O)N1CCNC1=O. The van der Waals surface area contributed by atoms with Crippen LogP contribution in [0.25, 0.3) is 0 Å². The molecule has 0 unspecified atom stereocenters. The Labute approximate surface area is 148 Å². The first-order chi connectivity index (χ1) is 11.6. The van der Waals surface area contributed by atoms with E-state index in [2.05, 4.69) is 5.32 Å². The van der Waals surface area contributed by atoms with Crippen LogP contribution in [0.2, 0.25) is 0 Å². The van der Waals surface area contributed by atoms with Gasteiger partial charge in [-0.2, -0.15) is 0 Å². The van der Waals surface area contributed by atoms with Crippen molar-refractivity contribution in [2.45, 2.75) is 17.6 Å². The highest BCUT2D eigenvalue weighted by Gasteiger charge is 2.31. The number of amides is 3. The molecule has 2 aliphatic rings. The minimum atomic E-state index is -0.998. The molecule has 2 fully saturated rings. The Morgan fingerprint density at radius 1 is 1.25 bits per heavy atom. The van der Waals surface area contributed by atoms with Crippen LogP contribution in [0.5, 0.6) is 0 Å². The summed E-state index contributed by atoms with van der Waals surface area (Å²) in [6, 6.07) is 6.84. The molecule has 8 heteroatoms. The van der Waals surface area contributed by atoms with Gasteiger partial charge < -0.3 is 10.1 Å². The molecule has 3 rings (SSSR count). The fourth-order valence-corrected chi connectivity index (χ4v) is 5.37. The molecular weight excluding hydrogens is 348 g/mol. The Kier molecular flexibility index (Phi) is 5.35. The standard InChI is InChI=1S/C16H18N2O4S2/c1-10(13(19)18-7-6-17-16(18)21)22-14(20)11-2-4-12(5-3-11)15-23-8-9-24-15/h2-5,10,15H,6-9H2,1H3,(H,17,21)/t10-/m1/s1. The molecule has 2 aliphatic heterocycles. The smallest absolute Gasteiger partial charge is 0.338 e. The van der Waals surface area contributed by atoms with E-state index in [9.17, 15) is 14.4 Å². The predicted octanol–water partition coefficient (Wildman–Crippen LogP) is 2.26. The van der Waals surface area contributed by atoms with E-state index in [4.69, 9.17) is 4.74 Å². The highest BCUT2D eigenvalue weighted by atomic mass is 32.2. The van der Waals surface area contributed by atoms with E-state index < -0.39 is 24.0 Å². The molecule has 6 nitrogen and oxygen atoms in total. The maximum atomic E-state index is 12.2. The van der Waals surface area contributed by atoms with E-state index in [1.54, 1.807) is 12.1 Å². The fraction of sp³-hybridized carbons (Fsp3) is 0.438. The Balaban J connectivity index is 1.59. The summed E-state index contributed by atoms with van der Waals surface area (Å²) in [7, 11) is 0. The first-order valence-corrected chi connectivity index (χ1v) is 9.79. The van der Waals surface area contributed by atoms with Crippen molar-refractivity contribution in [1.82, 2.24) is 10.2 Å². The summed E-state index contributed by atoms with van der Waals surface area (Å²) in [5.41, 5.74) is 1.58. The monoisotopic (exact) mass is 366 g/mol. The number of benzene rings is 1. The number of carbonyl (C=O) groups is 3. The van der Waals surface area contributed by atoms with E-state index >= 15 is 0 Å². The largest absolute Gasteiger partial charge is 0.449 e. The Hall–Kier alpha value is -1.67. The van der Waals surface area contributed by atoms with Crippen molar-refractivity contribution in [2.75, 3.05) is 24.6 Å². The van der Waals surface area contributed by atoms with Gasteiger partial charge in [0, 0.05) is 24.6 Å². The molecule has 0 saturated carbocycles. The van der Waals surface area contributed by atoms with Crippen LogP contribution in [-0.4, -0.2) is 53.5 Å². The van der Waals surface area contributed by atoms with Gasteiger partial charge in [0.2, 0.25) is 0 Å². The maximum Gasteiger partial charge on any atom is 0.338 e. The van der Waals surface area contributed by atoms with Crippen molar-refractivity contribution >= 4 is 41.4 Å². The van der Waals surface area contributed by atoms with E-state index in [0.29, 0.717) is 23.2 Å². The maximum absolute atomic E-state index is 12.2. The molecule has 0 radical (unpaired) electrons. The highest BCUT2D eigenvalue weighted by Crippen LogP contribution is 2.45. The summed E-state index contributed by atoms with van der Waals surface area (Å²) < 4.78 is 5.62. The van der Waals surface area contributed by atoms with Crippen LogP contribution in [0.3, 0.4) is 0 Å². The number of esters is 1. The average Bonchev–Trinajstić information content (AvgIpc) is 3.25. The van der Waals surface area contributed by atoms with E-state index in [0.717, 1.165) is 16.4 Å². The molecule has 1 aromatic carbocycles. The van der Waals surface area contributed by atoms with Crippen LogP contribution in [0.15, 0.2) is 24.3 Å². The zero-order valence-corrected chi connectivity index (χ0v) is 14.8. The minimum Gasteiger partial charge on any atom is -0.449 e. The molecule has 0 aliphatic carbocycles. The summed E-state index contributed by atoms with van der Waals surface area (Å²) in [5.74, 6) is 1.22. The van der Waals surface area contributed by atoms with Gasteiger partial charge in [-0.25, -0.2) is 9.59 Å². The minimum absolute atomic E-state index is 0.297. The van der Waals surface area contributed by atoms with Crippen molar-refractivity contribution in [3.05, 3.63) is 35.4 Å². The van der Waals surface area contributed by atoms with Gasteiger partial charge in [-0.3, -0.25) is 9.69 Å². The third-order valence-electron chi connectivity index (χ3n) is 3.79. The Bertz CT molecular complexity index is 644. The van der Waals surface area contributed by atoms with E-state index in [-0.39, 0.29) is 0 Å². The predicted molar refractivity (Wildman–Crippen MR) is 94.1 cm³/mol. The Morgan fingerprint density at radius 2 is 1.92 bits per heavy atom. The summed E-state index contributed by atoms with van der Waals surface area (Å²) in [6.45, 7) is 2.20. The number of thioether (sulfide) groups is 2. The highest BCUT2D eigenvalue weighted by molar-refractivity contribution is 8.19. The molecule has 1 atom stereocenters. The number of urea groups is 1. The lowest BCUT2D eigenvalue weighted by atomic mass is 10.1. The molecule has 1 N–H and O–H groups in total. The van der Waals surface area contributed by atoms with Gasteiger partial charge in [-0.1, -0.05) is 12.1 Å². The third-order valence-corrected chi connectivity index (χ3v) is 6.90. The average molecular weight is 366 g/mol. The third kappa shape index (κ3) is 3.70. The summed E-state index contributed by atoms with van der Waals surface area (Å²) in [4.78, 5) is 36.9. The van der Waals surface area contributed by atoms with Crippen LogP contribution >= 0.6 is 23.5 Å². The molecule has 0 aromatic heterocycles. The van der Waals surface area contributed by atoms with Crippen LogP contribution in [0.1, 0.15) is 27.4 Å². The van der Waals surface area contributed by atoms with Crippen LogP contribution in [-0.2, 0) is 9.53 Å². The quantitative estimate of drug-likeness (QED) is 0.824. The molecule has 2 heterocycles. The zero-order chi connectivity index (χ0) is 17.1. The molecule has 128 valence electrons. The van der Waals surface area contributed by atoms with Crippen LogP contribution in [0.4, 0.5) is 4.79 Å². The van der Waals surface area contributed by atoms with Gasteiger partial charge in [0.15, 0.2) is 6.10 Å². The normalized spacial score (nSPS) is 19.2. The number of rotatable bonds is 4. The molecule has 3 amide bonds. The van der Waals surface area contributed by atoms with E-state index in [1.165, 1.54) is 12.5 Å². The molecule has 0 bridgehead atoms. The van der Waals surface area contributed by atoms with Gasteiger partial charge in [0.25, 0.3) is 5.91 Å². The zero-order valence-electron chi connectivity index (χ0n) is 13.2. The summed E-state index contributed by atoms with van der Waals surface area (Å²) in [6.07, 6.45) is -0.998. The van der Waals surface area contributed by atoms with Gasteiger partial charge in [0.05, 0.1) is 10.1 Å². The van der Waals surface area contributed by atoms with Crippen LogP contribution < -0.4 is 5.32 Å². The number of ether oxygens (including phenoxy) is 1. The van der Waals surface area contributed by atoms with Crippen molar-refractivity contribution in [2.24, 2.45) is 0 Å². The number of hydrogen-bond acceptors (Lipinski definition) is 6. The first-order valence-electron chi connectivity index (χ1n) is 7.69. The van der Waals surface area contributed by atoms with Gasteiger partial charge in [-0.05, 0) is 24.6 Å². The van der Waals surface area contributed by atoms with Gasteiger partial charge in [0.1, 0.15) is 0 Å².